The van der Waals surface area contributed by atoms with Crippen molar-refractivity contribution in [3.05, 3.63) is 149 Å². The Labute approximate surface area is 374 Å². The van der Waals surface area contributed by atoms with Crippen molar-refractivity contribution in [1.82, 2.24) is 19.5 Å². The number of aromatic nitrogens is 4. The largest absolute Gasteiger partial charge is 0.459 e. The molecule has 3 heterocycles. The topological polar surface area (TPSA) is 161 Å². The molecule has 1 aliphatic heterocycles. The number of carbonyl (C=O) groups excluding carboxylic acids is 4. The van der Waals surface area contributed by atoms with Gasteiger partial charge in [-0.1, -0.05) is 18.2 Å². The molecule has 1 amide bonds. The summed E-state index contributed by atoms with van der Waals surface area (Å²) < 4.78 is 30.4. The third-order valence-corrected chi connectivity index (χ3v) is 12.8. The molecule has 0 radical (unpaired) electrons. The average molecular weight is 1120 g/mol. The molecule has 7 rings (SSSR count). The van der Waals surface area contributed by atoms with Gasteiger partial charge >= 0.3 is 17.9 Å². The zero-order valence-corrected chi connectivity index (χ0v) is 37.8. The fraction of sp³-hybridized carbons (Fsp3) is 0.214. The second-order valence-electron chi connectivity index (χ2n) is 14.1. The Kier molecular flexibility index (Phi) is 11.7. The lowest BCUT2D eigenvalue weighted by atomic mass is 9.72. The van der Waals surface area contributed by atoms with Crippen LogP contribution < -0.4 is 5.32 Å². The zero-order valence-electron chi connectivity index (χ0n) is 31.4. The van der Waals surface area contributed by atoms with E-state index in [0.717, 1.165) is 10.7 Å². The molecule has 1 N–H and O–H groups in total. The molecular weight excluding hydrogens is 1080 g/mol. The van der Waals surface area contributed by atoms with Crippen LogP contribution in [0.5, 0.6) is 0 Å². The van der Waals surface area contributed by atoms with Crippen LogP contribution in [0.15, 0.2) is 116 Å². The number of benzene rings is 4. The number of carbonyl (C=O) groups is 4. The smallest absolute Gasteiger partial charge is 0.338 e. The van der Waals surface area contributed by atoms with Gasteiger partial charge in [0.2, 0.25) is 0 Å². The van der Waals surface area contributed by atoms with E-state index in [1.165, 1.54) is 17.2 Å². The molecule has 1 saturated heterocycles. The van der Waals surface area contributed by atoms with Gasteiger partial charge in [0.15, 0.2) is 33.9 Å². The number of anilines is 1. The summed E-state index contributed by atoms with van der Waals surface area (Å²) >= 11 is 6.41. The summed E-state index contributed by atoms with van der Waals surface area (Å²) in [7, 11) is 0. The number of nitrogens with one attached hydrogen (secondary N) is 1. The first-order chi connectivity index (χ1) is 27.6. The lowest BCUT2D eigenvalue weighted by Gasteiger charge is -2.47. The Balaban J connectivity index is 1.38. The van der Waals surface area contributed by atoms with Crippen molar-refractivity contribution < 1.29 is 38.1 Å². The standard InChI is InChI=1S/C42H34I3N5O8/c1-39(22-55-36(52)26-10-16-29(43)17-11-26)40(2,56-37(53)27-12-18-30(44)19-13-27)41(3,57-38(54)28-14-20-31(45)21-15-28)42(4,58-39)50-24-48-32-33(46-23-47-34(32)50)49-35(51)25-8-6-5-7-9-25/h5-21,23-24H,22H2,1-4H3,(H,46,47,49,51). The number of rotatable bonds is 10. The van der Waals surface area contributed by atoms with Crippen molar-refractivity contribution in [2.45, 2.75) is 50.2 Å². The minimum Gasteiger partial charge on any atom is -0.459 e. The van der Waals surface area contributed by atoms with E-state index < -0.39 is 53.0 Å². The minimum atomic E-state index is -1.95. The van der Waals surface area contributed by atoms with E-state index in [1.54, 1.807) is 131 Å². The number of fused-ring (bicyclic) bond motifs is 1. The van der Waals surface area contributed by atoms with Gasteiger partial charge in [0.25, 0.3) is 5.91 Å². The Morgan fingerprint density at radius 2 is 1.14 bits per heavy atom. The van der Waals surface area contributed by atoms with Crippen LogP contribution in [0.1, 0.15) is 69.1 Å². The molecule has 2 aromatic heterocycles. The summed E-state index contributed by atoms with van der Waals surface area (Å²) in [6.07, 6.45) is 2.67. The number of amides is 1. The molecule has 4 unspecified atom stereocenters. The number of esters is 3. The molecule has 58 heavy (non-hydrogen) atoms. The zero-order chi connectivity index (χ0) is 41.5. The highest BCUT2D eigenvalue weighted by Gasteiger charge is 2.79. The number of ether oxygens (including phenoxy) is 4. The third kappa shape index (κ3) is 7.58. The van der Waals surface area contributed by atoms with E-state index >= 15 is 0 Å². The van der Waals surface area contributed by atoms with Crippen LogP contribution in [0.3, 0.4) is 0 Å². The van der Waals surface area contributed by atoms with Crippen LogP contribution in [-0.2, 0) is 24.7 Å². The van der Waals surface area contributed by atoms with Crippen molar-refractivity contribution in [3.8, 4) is 0 Å². The molecule has 13 nitrogen and oxygen atoms in total. The second kappa shape index (κ2) is 16.3. The predicted molar refractivity (Wildman–Crippen MR) is 238 cm³/mol. The van der Waals surface area contributed by atoms with E-state index in [9.17, 15) is 19.2 Å². The number of nitrogens with zero attached hydrogens (tertiary/aromatic N) is 4. The van der Waals surface area contributed by atoms with Crippen molar-refractivity contribution in [2.75, 3.05) is 11.9 Å². The van der Waals surface area contributed by atoms with Crippen LogP contribution in [0, 0.1) is 10.7 Å². The van der Waals surface area contributed by atoms with Crippen LogP contribution in [0.25, 0.3) is 11.2 Å². The van der Waals surface area contributed by atoms with Crippen LogP contribution in [0.2, 0.25) is 0 Å². The summed E-state index contributed by atoms with van der Waals surface area (Å²) in [6, 6.07) is 29.0. The van der Waals surface area contributed by atoms with Crippen molar-refractivity contribution in [2.24, 2.45) is 0 Å². The Bertz CT molecular complexity index is 2540. The number of hydrogen-bond donors (Lipinski definition) is 1. The van der Waals surface area contributed by atoms with Gasteiger partial charge in [-0.05, 0) is 180 Å². The van der Waals surface area contributed by atoms with E-state index in [-0.39, 0.29) is 33.7 Å². The lowest BCUT2D eigenvalue weighted by Crippen LogP contribution is -2.67. The summed E-state index contributed by atoms with van der Waals surface area (Å²) in [5.74, 6) is -2.47. The molecule has 6 aromatic rings. The van der Waals surface area contributed by atoms with Crippen molar-refractivity contribution in [1.29, 1.82) is 0 Å². The van der Waals surface area contributed by atoms with E-state index in [0.29, 0.717) is 5.56 Å². The Hall–Kier alpha value is -4.54. The van der Waals surface area contributed by atoms with Gasteiger partial charge in [-0.2, -0.15) is 0 Å². The summed E-state index contributed by atoms with van der Waals surface area (Å²) in [6.45, 7) is 5.99. The Morgan fingerprint density at radius 1 is 0.638 bits per heavy atom. The maximum absolute atomic E-state index is 14.3. The van der Waals surface area contributed by atoms with Crippen LogP contribution in [0.4, 0.5) is 5.82 Å². The summed E-state index contributed by atoms with van der Waals surface area (Å²) in [5.41, 5.74) is -5.91. The first kappa shape index (κ1) is 41.6. The molecule has 1 aliphatic rings. The Morgan fingerprint density at radius 3 is 1.67 bits per heavy atom. The van der Waals surface area contributed by atoms with Gasteiger partial charge < -0.3 is 24.3 Å². The third-order valence-electron chi connectivity index (χ3n) is 10.6. The molecule has 0 spiro atoms. The van der Waals surface area contributed by atoms with Gasteiger partial charge in [0.05, 0.1) is 23.0 Å². The van der Waals surface area contributed by atoms with E-state index in [4.69, 9.17) is 18.9 Å². The minimum absolute atomic E-state index is 0.110. The van der Waals surface area contributed by atoms with Gasteiger partial charge in [-0.15, -0.1) is 0 Å². The van der Waals surface area contributed by atoms with Gasteiger partial charge in [0.1, 0.15) is 18.5 Å². The van der Waals surface area contributed by atoms with Crippen LogP contribution in [-0.4, -0.2) is 66.7 Å². The summed E-state index contributed by atoms with van der Waals surface area (Å²) in [4.78, 5) is 68.8. The highest BCUT2D eigenvalue weighted by Crippen LogP contribution is 2.59. The average Bonchev–Trinajstić information content (AvgIpc) is 3.71. The molecule has 0 aliphatic carbocycles. The van der Waals surface area contributed by atoms with Gasteiger partial charge in [-0.25, -0.2) is 29.3 Å². The van der Waals surface area contributed by atoms with Crippen molar-refractivity contribution >= 4 is 109 Å². The molecule has 0 bridgehead atoms. The summed E-state index contributed by atoms with van der Waals surface area (Å²) in [5, 5.41) is 2.81. The molecule has 16 heteroatoms. The normalized spacial score (nSPS) is 22.6. The predicted octanol–water partition coefficient (Wildman–Crippen LogP) is 8.44. The van der Waals surface area contributed by atoms with Gasteiger partial charge in [0, 0.05) is 16.3 Å². The quantitative estimate of drug-likeness (QED) is 0.0797. The van der Waals surface area contributed by atoms with E-state index in [1.807, 2.05) is 0 Å². The first-order valence-electron chi connectivity index (χ1n) is 17.7. The SMILES string of the molecule is CC1(COC(=O)c2ccc(I)cc2)OC(C)(n2cnc3c(NC(=O)c4ccccc4)ncnc32)C(C)(OC(=O)c2ccc(I)cc2)C1(C)OC(=O)c1ccc(I)cc1. The monoisotopic (exact) mass is 1120 g/mol. The molecular formula is C42H34I3N5O8. The van der Waals surface area contributed by atoms with Gasteiger partial charge in [-0.3, -0.25) is 9.36 Å². The maximum atomic E-state index is 14.3. The fourth-order valence-corrected chi connectivity index (χ4v) is 8.04. The number of hydrogen-bond acceptors (Lipinski definition) is 11. The van der Waals surface area contributed by atoms with E-state index in [2.05, 4.69) is 88.0 Å². The molecule has 296 valence electrons. The van der Waals surface area contributed by atoms with Crippen LogP contribution >= 0.6 is 67.8 Å². The van der Waals surface area contributed by atoms with Crippen molar-refractivity contribution in [3.63, 3.8) is 0 Å². The molecule has 0 saturated carbocycles. The second-order valence-corrected chi connectivity index (χ2v) is 17.8. The first-order valence-corrected chi connectivity index (χ1v) is 21.0. The number of halogens is 3. The maximum Gasteiger partial charge on any atom is 0.338 e. The highest BCUT2D eigenvalue weighted by molar-refractivity contribution is 14.1. The molecule has 4 aromatic carbocycles. The fourth-order valence-electron chi connectivity index (χ4n) is 6.97. The highest BCUT2D eigenvalue weighted by atomic mass is 127. The molecule has 1 fully saturated rings. The number of imidazole rings is 1. The molecule has 4 atom stereocenters. The lowest BCUT2D eigenvalue weighted by molar-refractivity contribution is -0.193.